The number of rotatable bonds is 5. The van der Waals surface area contributed by atoms with E-state index < -0.39 is 0 Å². The van der Waals surface area contributed by atoms with Crippen LogP contribution in [0.5, 0.6) is 5.75 Å². The molecule has 2 aromatic rings. The van der Waals surface area contributed by atoms with Crippen LogP contribution >= 0.6 is 0 Å². The van der Waals surface area contributed by atoms with E-state index in [0.29, 0.717) is 22.4 Å². The summed E-state index contributed by atoms with van der Waals surface area (Å²) in [6.45, 7) is 1.76. The molecule has 0 spiro atoms. The van der Waals surface area contributed by atoms with E-state index in [4.69, 9.17) is 14.7 Å². The fraction of sp³-hybridized carbons (Fsp3) is 0.167. The van der Waals surface area contributed by atoms with Gasteiger partial charge in [-0.1, -0.05) is 24.3 Å². The summed E-state index contributed by atoms with van der Waals surface area (Å²) in [5.41, 5.74) is 2.14. The van der Waals surface area contributed by atoms with Crippen molar-refractivity contribution < 1.29 is 14.3 Å². The molecule has 0 aliphatic rings. The van der Waals surface area contributed by atoms with Crippen LogP contribution in [0.4, 0.5) is 0 Å². The third kappa shape index (κ3) is 4.09. The van der Waals surface area contributed by atoms with Crippen molar-refractivity contribution in [3.63, 3.8) is 0 Å². The third-order valence-corrected chi connectivity index (χ3v) is 3.10. The number of carbonyl (C=O) groups is 1. The van der Waals surface area contributed by atoms with Crippen LogP contribution in [0, 0.1) is 22.7 Å². The van der Waals surface area contributed by atoms with E-state index in [0.717, 1.165) is 5.56 Å². The second-order valence-corrected chi connectivity index (χ2v) is 4.67. The fourth-order valence-corrected chi connectivity index (χ4v) is 2.10. The Morgan fingerprint density at radius 2 is 1.87 bits per heavy atom. The predicted octanol–water partition coefficient (Wildman–Crippen LogP) is 3.04. The van der Waals surface area contributed by atoms with E-state index in [1.807, 2.05) is 12.1 Å². The minimum Gasteiger partial charge on any atom is -0.490 e. The SMILES string of the molecule is CC(=O)OCCOc1cccc(-c2cccc(C#N)c2C#N)c1. The number of carbonyl (C=O) groups excluding carboxylic acids is 1. The summed E-state index contributed by atoms with van der Waals surface area (Å²) in [6.07, 6.45) is 0. The van der Waals surface area contributed by atoms with Crippen LogP contribution in [-0.4, -0.2) is 19.2 Å². The van der Waals surface area contributed by atoms with E-state index in [-0.39, 0.29) is 19.2 Å². The van der Waals surface area contributed by atoms with Crippen molar-refractivity contribution >= 4 is 5.97 Å². The molecule has 0 saturated heterocycles. The maximum absolute atomic E-state index is 10.7. The van der Waals surface area contributed by atoms with Gasteiger partial charge in [0.25, 0.3) is 0 Å². The van der Waals surface area contributed by atoms with Crippen LogP contribution in [0.15, 0.2) is 42.5 Å². The normalized spacial score (nSPS) is 9.52. The largest absolute Gasteiger partial charge is 0.490 e. The highest BCUT2D eigenvalue weighted by atomic mass is 16.6. The molecule has 0 heterocycles. The van der Waals surface area contributed by atoms with Gasteiger partial charge in [0.05, 0.1) is 11.1 Å². The topological polar surface area (TPSA) is 83.1 Å². The van der Waals surface area contributed by atoms with Gasteiger partial charge in [-0.15, -0.1) is 0 Å². The molecule has 5 heteroatoms. The fourth-order valence-electron chi connectivity index (χ4n) is 2.10. The molecule has 0 aliphatic carbocycles. The minimum atomic E-state index is -0.352. The standard InChI is InChI=1S/C18H14N2O3/c1-13(21)22-8-9-23-16-6-2-4-14(10-16)17-7-3-5-15(11-19)18(17)12-20/h2-7,10H,8-9H2,1H3. The van der Waals surface area contributed by atoms with Crippen molar-refractivity contribution in [1.29, 1.82) is 10.5 Å². The molecule has 0 fully saturated rings. The zero-order chi connectivity index (χ0) is 16.7. The van der Waals surface area contributed by atoms with Crippen LogP contribution < -0.4 is 4.74 Å². The highest BCUT2D eigenvalue weighted by Crippen LogP contribution is 2.28. The Morgan fingerprint density at radius 3 is 2.57 bits per heavy atom. The summed E-state index contributed by atoms with van der Waals surface area (Å²) >= 11 is 0. The van der Waals surface area contributed by atoms with Crippen molar-refractivity contribution in [1.82, 2.24) is 0 Å². The van der Waals surface area contributed by atoms with Crippen molar-refractivity contribution in [2.75, 3.05) is 13.2 Å². The van der Waals surface area contributed by atoms with Crippen molar-refractivity contribution in [3.05, 3.63) is 53.6 Å². The van der Waals surface area contributed by atoms with E-state index in [9.17, 15) is 10.1 Å². The molecule has 114 valence electrons. The van der Waals surface area contributed by atoms with E-state index in [1.165, 1.54) is 6.92 Å². The smallest absolute Gasteiger partial charge is 0.302 e. The van der Waals surface area contributed by atoms with Gasteiger partial charge in [-0.2, -0.15) is 10.5 Å². The summed E-state index contributed by atoms with van der Waals surface area (Å²) in [5, 5.41) is 18.4. The second-order valence-electron chi connectivity index (χ2n) is 4.67. The third-order valence-electron chi connectivity index (χ3n) is 3.10. The Bertz CT molecular complexity index is 801. The van der Waals surface area contributed by atoms with Crippen LogP contribution in [0.3, 0.4) is 0 Å². The number of hydrogen-bond donors (Lipinski definition) is 0. The maximum atomic E-state index is 10.7. The summed E-state index contributed by atoms with van der Waals surface area (Å²) in [7, 11) is 0. The van der Waals surface area contributed by atoms with Crippen molar-refractivity contribution in [2.45, 2.75) is 6.92 Å². The lowest BCUT2D eigenvalue weighted by Crippen LogP contribution is -2.09. The first kappa shape index (κ1) is 16.1. The van der Waals surface area contributed by atoms with Crippen molar-refractivity contribution in [3.8, 4) is 29.0 Å². The molecule has 5 nitrogen and oxygen atoms in total. The molecule has 0 radical (unpaired) electrons. The molecule has 0 bridgehead atoms. The van der Waals surface area contributed by atoms with Gasteiger partial charge in [0.15, 0.2) is 0 Å². The average molecular weight is 306 g/mol. The Morgan fingerprint density at radius 1 is 1.09 bits per heavy atom. The Kier molecular flexibility index (Phi) is 5.33. The molecule has 2 aromatic carbocycles. The first-order chi connectivity index (χ1) is 11.2. The van der Waals surface area contributed by atoms with Crippen LogP contribution in [0.25, 0.3) is 11.1 Å². The zero-order valence-electron chi connectivity index (χ0n) is 12.6. The average Bonchev–Trinajstić information content (AvgIpc) is 2.58. The second kappa shape index (κ2) is 7.63. The van der Waals surface area contributed by atoms with E-state index >= 15 is 0 Å². The Labute approximate surface area is 134 Å². The van der Waals surface area contributed by atoms with Gasteiger partial charge in [-0.25, -0.2) is 0 Å². The predicted molar refractivity (Wildman–Crippen MR) is 83.4 cm³/mol. The van der Waals surface area contributed by atoms with Crippen molar-refractivity contribution in [2.24, 2.45) is 0 Å². The van der Waals surface area contributed by atoms with Crippen LogP contribution in [-0.2, 0) is 9.53 Å². The molecular weight excluding hydrogens is 292 g/mol. The Hall–Kier alpha value is -3.31. The summed E-state index contributed by atoms with van der Waals surface area (Å²) in [4.78, 5) is 10.7. The van der Waals surface area contributed by atoms with Gasteiger partial charge >= 0.3 is 5.97 Å². The number of benzene rings is 2. The van der Waals surface area contributed by atoms with Crippen LogP contribution in [0.2, 0.25) is 0 Å². The molecule has 0 atom stereocenters. The van der Waals surface area contributed by atoms with E-state index in [2.05, 4.69) is 6.07 Å². The Balaban J connectivity index is 2.22. The lowest BCUT2D eigenvalue weighted by molar-refractivity contribution is -0.141. The molecule has 0 aliphatic heterocycles. The molecule has 0 amide bonds. The molecule has 23 heavy (non-hydrogen) atoms. The van der Waals surface area contributed by atoms with Gasteiger partial charge in [0, 0.05) is 12.5 Å². The summed E-state index contributed by atoms with van der Waals surface area (Å²) < 4.78 is 10.3. The molecule has 0 saturated carbocycles. The summed E-state index contributed by atoms with van der Waals surface area (Å²) in [6, 6.07) is 16.4. The quantitative estimate of drug-likeness (QED) is 0.626. The summed E-state index contributed by atoms with van der Waals surface area (Å²) in [5.74, 6) is 0.246. The molecule has 2 rings (SSSR count). The molecule has 0 unspecified atom stereocenters. The maximum Gasteiger partial charge on any atom is 0.302 e. The van der Waals surface area contributed by atoms with Gasteiger partial charge in [-0.3, -0.25) is 4.79 Å². The lowest BCUT2D eigenvalue weighted by atomic mass is 9.96. The van der Waals surface area contributed by atoms with Gasteiger partial charge in [-0.05, 0) is 23.8 Å². The first-order valence-electron chi connectivity index (χ1n) is 6.95. The van der Waals surface area contributed by atoms with Gasteiger partial charge in [0.2, 0.25) is 0 Å². The number of ether oxygens (including phenoxy) is 2. The number of hydrogen-bond acceptors (Lipinski definition) is 5. The highest BCUT2D eigenvalue weighted by Gasteiger charge is 2.10. The number of esters is 1. The molecule has 0 N–H and O–H groups in total. The minimum absolute atomic E-state index is 0.174. The highest BCUT2D eigenvalue weighted by molar-refractivity contribution is 5.74. The van der Waals surface area contributed by atoms with Crippen LogP contribution in [0.1, 0.15) is 18.1 Å². The lowest BCUT2D eigenvalue weighted by Gasteiger charge is -2.09. The zero-order valence-corrected chi connectivity index (χ0v) is 12.6. The number of nitriles is 2. The number of nitrogens with zero attached hydrogens (tertiary/aromatic N) is 2. The monoisotopic (exact) mass is 306 g/mol. The van der Waals surface area contributed by atoms with Gasteiger partial charge in [0.1, 0.15) is 31.1 Å². The first-order valence-corrected chi connectivity index (χ1v) is 6.95. The molecular formula is C18H14N2O3. The molecule has 0 aromatic heterocycles. The van der Waals surface area contributed by atoms with Gasteiger partial charge < -0.3 is 9.47 Å². The van der Waals surface area contributed by atoms with E-state index in [1.54, 1.807) is 36.4 Å².